The predicted molar refractivity (Wildman–Crippen MR) is 101 cm³/mol. The Morgan fingerprint density at radius 3 is 2.74 bits per heavy atom. The lowest BCUT2D eigenvalue weighted by Gasteiger charge is -2.12. The number of benzene rings is 2. The van der Waals surface area contributed by atoms with Gasteiger partial charge < -0.3 is 14.8 Å². The summed E-state index contributed by atoms with van der Waals surface area (Å²) in [6.07, 6.45) is 0. The molecule has 6 nitrogen and oxygen atoms in total. The van der Waals surface area contributed by atoms with Crippen LogP contribution in [0.1, 0.15) is 34.8 Å². The first-order valence-corrected chi connectivity index (χ1v) is 8.52. The van der Waals surface area contributed by atoms with E-state index >= 15 is 0 Å². The van der Waals surface area contributed by atoms with E-state index in [2.05, 4.69) is 27.4 Å². The zero-order valence-corrected chi connectivity index (χ0v) is 15.2. The van der Waals surface area contributed by atoms with Crippen LogP contribution < -0.4 is 5.32 Å². The van der Waals surface area contributed by atoms with E-state index in [0.717, 1.165) is 5.56 Å². The molecule has 2 N–H and O–H groups in total. The Bertz CT molecular complexity index is 1000. The number of carbonyl (C=O) groups is 1. The Kier molecular flexibility index (Phi) is 5.87. The van der Waals surface area contributed by atoms with Crippen LogP contribution in [0.2, 0.25) is 5.02 Å². The van der Waals surface area contributed by atoms with Gasteiger partial charge in [0, 0.05) is 21.7 Å². The highest BCUT2D eigenvalue weighted by Crippen LogP contribution is 2.22. The minimum atomic E-state index is -0.826. The van der Waals surface area contributed by atoms with Gasteiger partial charge in [0.05, 0.1) is 6.61 Å². The van der Waals surface area contributed by atoms with E-state index in [9.17, 15) is 9.90 Å². The number of aliphatic hydroxyl groups is 1. The van der Waals surface area contributed by atoms with Crippen LogP contribution in [0.25, 0.3) is 11.5 Å². The molecule has 2 aromatic carbocycles. The normalized spacial score (nSPS) is 11.4. The summed E-state index contributed by atoms with van der Waals surface area (Å²) in [5.74, 6) is 5.80. The fourth-order valence-corrected chi connectivity index (χ4v) is 2.52. The second-order valence-electron chi connectivity index (χ2n) is 5.62. The first-order valence-electron chi connectivity index (χ1n) is 8.14. The molecule has 1 aromatic heterocycles. The van der Waals surface area contributed by atoms with Crippen molar-refractivity contribution in [1.82, 2.24) is 15.5 Å². The summed E-state index contributed by atoms with van der Waals surface area (Å²) in [4.78, 5) is 12.3. The number of amides is 1. The van der Waals surface area contributed by atoms with Gasteiger partial charge in [0.25, 0.3) is 5.91 Å². The average molecular weight is 382 g/mol. The summed E-state index contributed by atoms with van der Waals surface area (Å²) in [5, 5.41) is 20.8. The molecule has 0 aliphatic heterocycles. The van der Waals surface area contributed by atoms with Crippen molar-refractivity contribution >= 4 is 17.5 Å². The predicted octanol–water partition coefficient (Wildman–Crippen LogP) is 3.22. The molecule has 0 unspecified atom stereocenters. The standard InChI is InChI=1S/C20H16ClN3O3/c1-2-4-13-5-3-6-15(11-13)19-23-24-20(27-19)17(12-25)22-18(26)14-7-9-16(21)10-8-14/h3,5-11,17,25H,12H2,1H3,(H,22,26)/t17-/m0/s1. The lowest BCUT2D eigenvalue weighted by molar-refractivity contribution is 0.0905. The molecule has 1 heterocycles. The molecule has 3 aromatic rings. The Balaban J connectivity index is 1.78. The summed E-state index contributed by atoms with van der Waals surface area (Å²) in [7, 11) is 0. The number of aliphatic hydroxyl groups excluding tert-OH is 1. The van der Waals surface area contributed by atoms with Gasteiger partial charge in [-0.05, 0) is 49.4 Å². The van der Waals surface area contributed by atoms with Crippen molar-refractivity contribution in [3.8, 4) is 23.3 Å². The van der Waals surface area contributed by atoms with Crippen molar-refractivity contribution in [2.75, 3.05) is 6.61 Å². The molecule has 0 aliphatic carbocycles. The van der Waals surface area contributed by atoms with Gasteiger partial charge in [0.15, 0.2) is 0 Å². The van der Waals surface area contributed by atoms with E-state index in [-0.39, 0.29) is 24.3 Å². The molecule has 3 rings (SSSR count). The second kappa shape index (κ2) is 8.49. The fourth-order valence-electron chi connectivity index (χ4n) is 2.39. The summed E-state index contributed by atoms with van der Waals surface area (Å²) in [6, 6.07) is 12.9. The topological polar surface area (TPSA) is 88.3 Å². The molecule has 0 aliphatic rings. The van der Waals surface area contributed by atoms with Gasteiger partial charge in [0.1, 0.15) is 6.04 Å². The highest BCUT2D eigenvalue weighted by Gasteiger charge is 2.21. The van der Waals surface area contributed by atoms with Crippen LogP contribution in [-0.4, -0.2) is 27.8 Å². The first-order chi connectivity index (χ1) is 13.1. The van der Waals surface area contributed by atoms with E-state index < -0.39 is 6.04 Å². The molecule has 27 heavy (non-hydrogen) atoms. The van der Waals surface area contributed by atoms with Gasteiger partial charge >= 0.3 is 0 Å². The molecule has 0 saturated carbocycles. The molecule has 0 spiro atoms. The molecular formula is C20H16ClN3O3. The van der Waals surface area contributed by atoms with Crippen molar-refractivity contribution in [2.24, 2.45) is 0 Å². The molecule has 136 valence electrons. The first kappa shape index (κ1) is 18.6. The lowest BCUT2D eigenvalue weighted by atomic mass is 10.1. The Labute approximate surface area is 161 Å². The van der Waals surface area contributed by atoms with Gasteiger partial charge in [0.2, 0.25) is 11.8 Å². The number of halogens is 1. The highest BCUT2D eigenvalue weighted by molar-refractivity contribution is 6.30. The Morgan fingerprint density at radius 2 is 2.04 bits per heavy atom. The molecule has 0 fully saturated rings. The van der Waals surface area contributed by atoms with Crippen LogP contribution in [0.3, 0.4) is 0 Å². The number of hydrogen-bond acceptors (Lipinski definition) is 5. The maximum absolute atomic E-state index is 12.3. The molecular weight excluding hydrogens is 366 g/mol. The number of rotatable bonds is 5. The van der Waals surface area contributed by atoms with Gasteiger partial charge in [-0.2, -0.15) is 0 Å². The van der Waals surface area contributed by atoms with E-state index in [4.69, 9.17) is 16.0 Å². The summed E-state index contributed by atoms with van der Waals surface area (Å²) in [5.41, 5.74) is 1.93. The van der Waals surface area contributed by atoms with Crippen molar-refractivity contribution in [2.45, 2.75) is 13.0 Å². The molecule has 0 saturated heterocycles. The van der Waals surface area contributed by atoms with Crippen molar-refractivity contribution in [3.63, 3.8) is 0 Å². The minimum absolute atomic E-state index is 0.113. The SMILES string of the molecule is CC#Cc1cccc(-c2nnc([C@H](CO)NC(=O)c3ccc(Cl)cc3)o2)c1. The van der Waals surface area contributed by atoms with Crippen molar-refractivity contribution in [1.29, 1.82) is 0 Å². The maximum atomic E-state index is 12.3. The maximum Gasteiger partial charge on any atom is 0.251 e. The van der Waals surface area contributed by atoms with Gasteiger partial charge in [-0.1, -0.05) is 23.6 Å². The van der Waals surface area contributed by atoms with E-state index in [0.29, 0.717) is 16.1 Å². The van der Waals surface area contributed by atoms with Gasteiger partial charge in [-0.3, -0.25) is 4.79 Å². The van der Waals surface area contributed by atoms with Crippen LogP contribution >= 0.6 is 11.6 Å². The summed E-state index contributed by atoms with van der Waals surface area (Å²) < 4.78 is 5.65. The third kappa shape index (κ3) is 4.53. The van der Waals surface area contributed by atoms with Gasteiger partial charge in [-0.15, -0.1) is 16.1 Å². The monoisotopic (exact) mass is 381 g/mol. The molecule has 0 radical (unpaired) electrons. The average Bonchev–Trinajstić information content (AvgIpc) is 3.17. The molecule has 1 amide bonds. The van der Waals surface area contributed by atoms with Gasteiger partial charge in [-0.25, -0.2) is 0 Å². The largest absolute Gasteiger partial charge is 0.418 e. The van der Waals surface area contributed by atoms with E-state index in [1.54, 1.807) is 31.2 Å². The number of nitrogens with zero attached hydrogens (tertiary/aromatic N) is 2. The zero-order valence-electron chi connectivity index (χ0n) is 14.4. The number of carbonyl (C=O) groups excluding carboxylic acids is 1. The van der Waals surface area contributed by atoms with E-state index in [1.807, 2.05) is 24.3 Å². The van der Waals surface area contributed by atoms with Crippen LogP contribution in [0.5, 0.6) is 0 Å². The number of aromatic nitrogens is 2. The highest BCUT2D eigenvalue weighted by atomic mass is 35.5. The molecule has 7 heteroatoms. The Morgan fingerprint density at radius 1 is 1.26 bits per heavy atom. The number of hydrogen-bond donors (Lipinski definition) is 2. The minimum Gasteiger partial charge on any atom is -0.418 e. The quantitative estimate of drug-likeness (QED) is 0.662. The second-order valence-corrected chi connectivity index (χ2v) is 6.05. The van der Waals surface area contributed by atoms with Crippen LogP contribution in [-0.2, 0) is 0 Å². The third-order valence-corrected chi connectivity index (χ3v) is 3.96. The number of nitrogens with one attached hydrogen (secondary N) is 1. The lowest BCUT2D eigenvalue weighted by Crippen LogP contribution is -2.31. The smallest absolute Gasteiger partial charge is 0.251 e. The Hall–Kier alpha value is -3.14. The molecule has 1 atom stereocenters. The summed E-state index contributed by atoms with van der Waals surface area (Å²) in [6.45, 7) is 1.37. The van der Waals surface area contributed by atoms with Crippen LogP contribution in [0.4, 0.5) is 0 Å². The van der Waals surface area contributed by atoms with E-state index in [1.165, 1.54) is 0 Å². The zero-order chi connectivity index (χ0) is 19.2. The third-order valence-electron chi connectivity index (χ3n) is 3.71. The fraction of sp³-hybridized carbons (Fsp3) is 0.150. The summed E-state index contributed by atoms with van der Waals surface area (Å²) >= 11 is 5.82. The van der Waals surface area contributed by atoms with Crippen LogP contribution in [0.15, 0.2) is 52.9 Å². The van der Waals surface area contributed by atoms with Crippen molar-refractivity contribution in [3.05, 3.63) is 70.6 Å². The van der Waals surface area contributed by atoms with Crippen molar-refractivity contribution < 1.29 is 14.3 Å². The molecule has 0 bridgehead atoms. The van der Waals surface area contributed by atoms with Crippen LogP contribution in [0, 0.1) is 11.8 Å².